The van der Waals surface area contributed by atoms with Crippen molar-refractivity contribution < 1.29 is 44.6 Å². The van der Waals surface area contributed by atoms with Crippen LogP contribution in [0.25, 0.3) is 0 Å². The van der Waals surface area contributed by atoms with Crippen LogP contribution in [-0.2, 0) is 19.1 Å². The average molecular weight is 519 g/mol. The zero-order chi connectivity index (χ0) is 27.1. The van der Waals surface area contributed by atoms with Crippen molar-refractivity contribution in [2.45, 2.75) is 114 Å². The largest absolute Gasteiger partial charge is 0.455 e. The minimum absolute atomic E-state index is 0.177. The third-order valence-corrected chi connectivity index (χ3v) is 12.1. The molecule has 0 aromatic heterocycles. The molecule has 4 fully saturated rings. The Morgan fingerprint density at radius 2 is 1.78 bits per heavy atom. The lowest BCUT2D eigenvalue weighted by atomic mass is 9.42. The molecule has 12 unspecified atom stereocenters. The number of hydrogen-bond acceptors (Lipinski definition) is 9. The van der Waals surface area contributed by atoms with Gasteiger partial charge in [0.15, 0.2) is 5.78 Å². The average Bonchev–Trinajstić information content (AvgIpc) is 3.54. The molecule has 2 heterocycles. The number of rotatable bonds is 2. The number of hydrogen-bond donors (Lipinski definition) is 5. The van der Waals surface area contributed by atoms with Crippen molar-refractivity contribution in [2.24, 2.45) is 22.7 Å². The van der Waals surface area contributed by atoms with Crippen molar-refractivity contribution in [3.63, 3.8) is 0 Å². The standard InChI is InChI=1S/C28H38O9/c1-13-10-20(36-22(32)14(13)2)25(5,33)26(34)12-19(31)27(35)16-11-21-28(37-21)18(30)7-6-17(29)24(28,4)15(16)8-9-23(26,27)3/h6-7,15-16,18-21,30-31,33-35H,8-12H2,1-5H3. The van der Waals surface area contributed by atoms with Crippen molar-refractivity contribution in [1.82, 2.24) is 0 Å². The second kappa shape index (κ2) is 7.11. The van der Waals surface area contributed by atoms with E-state index in [1.54, 1.807) is 27.7 Å². The monoisotopic (exact) mass is 518 g/mol. The molecule has 0 aromatic rings. The Bertz CT molecular complexity index is 1160. The maximum atomic E-state index is 13.4. The van der Waals surface area contributed by atoms with E-state index in [0.29, 0.717) is 18.4 Å². The highest BCUT2D eigenvalue weighted by atomic mass is 16.6. The van der Waals surface area contributed by atoms with Gasteiger partial charge in [-0.25, -0.2) is 4.79 Å². The van der Waals surface area contributed by atoms with Crippen LogP contribution in [0.1, 0.15) is 66.7 Å². The van der Waals surface area contributed by atoms with E-state index < -0.39 is 75.5 Å². The van der Waals surface area contributed by atoms with Gasteiger partial charge >= 0.3 is 5.97 Å². The minimum atomic E-state index is -2.01. The number of fused-ring (bicyclic) bond motifs is 4. The van der Waals surface area contributed by atoms with Gasteiger partial charge in [0.25, 0.3) is 0 Å². The molecule has 1 spiro atoms. The molecule has 3 saturated carbocycles. The Hall–Kier alpha value is -1.62. The molecule has 0 radical (unpaired) electrons. The highest BCUT2D eigenvalue weighted by Gasteiger charge is 2.85. The van der Waals surface area contributed by atoms with Crippen molar-refractivity contribution in [1.29, 1.82) is 0 Å². The fourth-order valence-electron chi connectivity index (χ4n) is 9.46. The third kappa shape index (κ3) is 2.53. The summed E-state index contributed by atoms with van der Waals surface area (Å²) in [5, 5.41) is 59.1. The van der Waals surface area contributed by atoms with Crippen molar-refractivity contribution in [3.05, 3.63) is 23.3 Å². The molecule has 204 valence electrons. The second-order valence-electron chi connectivity index (χ2n) is 13.1. The molecule has 9 heteroatoms. The van der Waals surface area contributed by atoms with Gasteiger partial charge in [-0.2, -0.15) is 0 Å². The summed E-state index contributed by atoms with van der Waals surface area (Å²) in [5.41, 5.74) is -8.19. The Kier molecular flexibility index (Phi) is 4.93. The van der Waals surface area contributed by atoms with Crippen LogP contribution < -0.4 is 0 Å². The Labute approximate surface area is 216 Å². The van der Waals surface area contributed by atoms with Gasteiger partial charge in [-0.15, -0.1) is 0 Å². The highest BCUT2D eigenvalue weighted by molar-refractivity contribution is 5.98. The first-order valence-electron chi connectivity index (χ1n) is 13.3. The van der Waals surface area contributed by atoms with Gasteiger partial charge in [0.1, 0.15) is 34.6 Å². The maximum Gasteiger partial charge on any atom is 0.334 e. The van der Waals surface area contributed by atoms with Crippen molar-refractivity contribution >= 4 is 11.8 Å². The van der Waals surface area contributed by atoms with Gasteiger partial charge in [-0.05, 0) is 70.9 Å². The van der Waals surface area contributed by atoms with Crippen molar-refractivity contribution in [2.75, 3.05) is 0 Å². The Balaban J connectivity index is 1.42. The summed E-state index contributed by atoms with van der Waals surface area (Å²) >= 11 is 0. The predicted molar refractivity (Wildman–Crippen MR) is 129 cm³/mol. The molecular weight excluding hydrogens is 480 g/mol. The zero-order valence-electron chi connectivity index (χ0n) is 22.0. The molecule has 5 N–H and O–H groups in total. The molecule has 6 aliphatic rings. The van der Waals surface area contributed by atoms with Gasteiger partial charge in [-0.1, -0.05) is 12.5 Å². The lowest BCUT2D eigenvalue weighted by Gasteiger charge is -2.63. The van der Waals surface area contributed by atoms with E-state index in [1.165, 1.54) is 19.1 Å². The van der Waals surface area contributed by atoms with E-state index in [1.807, 2.05) is 0 Å². The predicted octanol–water partition coefficient (Wildman–Crippen LogP) is 0.696. The minimum Gasteiger partial charge on any atom is -0.455 e. The molecule has 1 saturated heterocycles. The quantitative estimate of drug-likeness (QED) is 0.262. The van der Waals surface area contributed by atoms with Gasteiger partial charge in [0.05, 0.1) is 17.6 Å². The highest BCUT2D eigenvalue weighted by Crippen LogP contribution is 2.75. The zero-order valence-corrected chi connectivity index (χ0v) is 22.0. The first-order chi connectivity index (χ1) is 17.0. The maximum absolute atomic E-state index is 13.4. The lowest BCUT2D eigenvalue weighted by molar-refractivity contribution is -0.287. The third-order valence-electron chi connectivity index (χ3n) is 12.1. The smallest absolute Gasteiger partial charge is 0.334 e. The van der Waals surface area contributed by atoms with Gasteiger partial charge < -0.3 is 35.0 Å². The number of aliphatic hydroxyl groups excluding tert-OH is 2. The van der Waals surface area contributed by atoms with E-state index in [0.717, 1.165) is 5.57 Å². The summed E-state index contributed by atoms with van der Waals surface area (Å²) in [6.45, 7) is 8.32. The number of cyclic esters (lactones) is 1. The van der Waals surface area contributed by atoms with Crippen LogP contribution in [0.2, 0.25) is 0 Å². The summed E-state index contributed by atoms with van der Waals surface area (Å²) in [6.07, 6.45) is -0.235. The number of ether oxygens (including phenoxy) is 2. The molecule has 6 rings (SSSR count). The summed E-state index contributed by atoms with van der Waals surface area (Å²) in [7, 11) is 0. The number of carbonyl (C=O) groups excluding carboxylic acids is 2. The normalized spacial score (nSPS) is 56.1. The van der Waals surface area contributed by atoms with Crippen LogP contribution in [0, 0.1) is 22.7 Å². The Morgan fingerprint density at radius 3 is 2.43 bits per heavy atom. The molecule has 0 bridgehead atoms. The van der Waals surface area contributed by atoms with Crippen LogP contribution in [-0.4, -0.2) is 84.1 Å². The number of epoxide rings is 1. The van der Waals surface area contributed by atoms with Crippen molar-refractivity contribution in [3.8, 4) is 0 Å². The second-order valence-corrected chi connectivity index (χ2v) is 13.1. The molecular formula is C28H38O9. The van der Waals surface area contributed by atoms with Crippen LogP contribution in [0.15, 0.2) is 23.3 Å². The lowest BCUT2D eigenvalue weighted by Crippen LogP contribution is -2.74. The summed E-state index contributed by atoms with van der Waals surface area (Å²) in [5.74, 6) is -1.79. The summed E-state index contributed by atoms with van der Waals surface area (Å²) in [4.78, 5) is 25.8. The number of esters is 1. The van der Waals surface area contributed by atoms with Gasteiger partial charge in [-0.3, -0.25) is 4.79 Å². The van der Waals surface area contributed by atoms with Crippen LogP contribution in [0.3, 0.4) is 0 Å². The Morgan fingerprint density at radius 1 is 1.11 bits per heavy atom. The first kappa shape index (κ1) is 25.6. The molecule has 37 heavy (non-hydrogen) atoms. The van der Waals surface area contributed by atoms with E-state index in [9.17, 15) is 35.1 Å². The fraction of sp³-hybridized carbons (Fsp3) is 0.786. The molecule has 9 nitrogen and oxygen atoms in total. The van der Waals surface area contributed by atoms with Crippen LogP contribution >= 0.6 is 0 Å². The first-order valence-corrected chi connectivity index (χ1v) is 13.3. The SMILES string of the molecule is CC1=C(C)C(=O)OC(C(C)(O)C2(O)CC(O)C3(O)C4CC5OC56C(O)C=CC(=O)C6(C)C4CCC32C)C1. The fourth-order valence-corrected chi connectivity index (χ4v) is 9.46. The summed E-state index contributed by atoms with van der Waals surface area (Å²) < 4.78 is 11.6. The van der Waals surface area contributed by atoms with Gasteiger partial charge in [0.2, 0.25) is 0 Å². The molecule has 4 aliphatic carbocycles. The number of aliphatic hydroxyl groups is 5. The molecule has 0 aromatic carbocycles. The molecule has 0 amide bonds. The van der Waals surface area contributed by atoms with E-state index in [2.05, 4.69) is 0 Å². The van der Waals surface area contributed by atoms with Gasteiger partial charge in [0, 0.05) is 23.8 Å². The number of allylic oxidation sites excluding steroid dienone is 1. The van der Waals surface area contributed by atoms with Crippen LogP contribution in [0.4, 0.5) is 0 Å². The molecule has 12 atom stereocenters. The topological polar surface area (TPSA) is 157 Å². The van der Waals surface area contributed by atoms with Crippen LogP contribution in [0.5, 0.6) is 0 Å². The number of ketones is 1. The number of carbonyl (C=O) groups is 2. The van der Waals surface area contributed by atoms with E-state index in [4.69, 9.17) is 9.47 Å². The van der Waals surface area contributed by atoms with E-state index >= 15 is 0 Å². The van der Waals surface area contributed by atoms with E-state index in [-0.39, 0.29) is 25.0 Å². The molecule has 2 aliphatic heterocycles. The summed E-state index contributed by atoms with van der Waals surface area (Å²) in [6, 6.07) is 0.